The van der Waals surface area contributed by atoms with Crippen LogP contribution in [0.3, 0.4) is 0 Å². The van der Waals surface area contributed by atoms with E-state index in [0.29, 0.717) is 0 Å². The van der Waals surface area contributed by atoms with E-state index < -0.39 is 24.1 Å². The molecule has 2 atom stereocenters. The first-order valence-electron chi connectivity index (χ1n) is 5.64. The first-order chi connectivity index (χ1) is 8.91. The van der Waals surface area contributed by atoms with Crippen molar-refractivity contribution in [1.82, 2.24) is 0 Å². The van der Waals surface area contributed by atoms with E-state index in [-0.39, 0.29) is 26.1 Å². The van der Waals surface area contributed by atoms with Gasteiger partial charge in [0.2, 0.25) is 0 Å². The maximum atomic E-state index is 10.2. The fourth-order valence-corrected chi connectivity index (χ4v) is 1.13. The number of carbonyl (C=O) groups is 2. The van der Waals surface area contributed by atoms with Gasteiger partial charge in [0.15, 0.2) is 0 Å². The van der Waals surface area contributed by atoms with Gasteiger partial charge in [-0.25, -0.2) is 9.59 Å². The minimum absolute atomic E-state index is 0.0380. The number of aliphatic carboxylic acids is 2. The predicted octanol–water partition coefficient (Wildman–Crippen LogP) is -0.213. The Kier molecular flexibility index (Phi) is 9.33. The zero-order valence-electron chi connectivity index (χ0n) is 10.3. The van der Waals surface area contributed by atoms with Crippen LogP contribution in [0.15, 0.2) is 24.3 Å². The first-order valence-corrected chi connectivity index (χ1v) is 5.64. The third-order valence-electron chi connectivity index (χ3n) is 1.96. The lowest BCUT2D eigenvalue weighted by atomic mass is 10.2. The number of aliphatic hydroxyl groups is 2. The van der Waals surface area contributed by atoms with Gasteiger partial charge in [0.25, 0.3) is 0 Å². The monoisotopic (exact) mass is 274 g/mol. The summed E-state index contributed by atoms with van der Waals surface area (Å²) in [5, 5.41) is 35.4. The summed E-state index contributed by atoms with van der Waals surface area (Å²) in [6.45, 7) is -0.0761. The molecule has 0 fully saturated rings. The fourth-order valence-electron chi connectivity index (χ4n) is 1.13. The zero-order valence-corrected chi connectivity index (χ0v) is 10.3. The van der Waals surface area contributed by atoms with Gasteiger partial charge in [-0.1, -0.05) is 12.2 Å². The van der Waals surface area contributed by atoms with Gasteiger partial charge in [0.1, 0.15) is 0 Å². The van der Waals surface area contributed by atoms with Crippen molar-refractivity contribution in [2.24, 2.45) is 0 Å². The molecule has 0 aromatic rings. The van der Waals surface area contributed by atoms with Crippen LogP contribution in [-0.4, -0.2) is 57.8 Å². The quantitative estimate of drug-likeness (QED) is 0.406. The van der Waals surface area contributed by atoms with Crippen molar-refractivity contribution in [3.05, 3.63) is 24.3 Å². The molecule has 2 unspecified atom stereocenters. The van der Waals surface area contributed by atoms with Crippen LogP contribution in [0.25, 0.3) is 0 Å². The number of hydrogen-bond acceptors (Lipinski definition) is 5. The molecule has 0 saturated heterocycles. The second-order valence-corrected chi connectivity index (χ2v) is 3.80. The second-order valence-electron chi connectivity index (χ2n) is 3.80. The van der Waals surface area contributed by atoms with Gasteiger partial charge in [0.05, 0.1) is 25.4 Å². The van der Waals surface area contributed by atoms with E-state index in [4.69, 9.17) is 14.9 Å². The molecular formula is C12H18O7. The highest BCUT2D eigenvalue weighted by atomic mass is 16.5. The lowest BCUT2D eigenvalue weighted by Crippen LogP contribution is -2.20. The van der Waals surface area contributed by atoms with Crippen molar-refractivity contribution in [3.63, 3.8) is 0 Å². The van der Waals surface area contributed by atoms with E-state index in [1.807, 2.05) is 0 Å². The molecule has 0 aliphatic carbocycles. The Labute approximate surface area is 110 Å². The highest BCUT2D eigenvalue weighted by Gasteiger charge is 2.06. The lowest BCUT2D eigenvalue weighted by Gasteiger charge is -2.12. The molecule has 0 heterocycles. The Morgan fingerprint density at radius 1 is 0.895 bits per heavy atom. The van der Waals surface area contributed by atoms with Crippen LogP contribution >= 0.6 is 0 Å². The Hall–Kier alpha value is -1.70. The Morgan fingerprint density at radius 3 is 1.58 bits per heavy atom. The molecule has 0 radical (unpaired) electrons. The van der Waals surface area contributed by atoms with Crippen molar-refractivity contribution in [1.29, 1.82) is 0 Å². The van der Waals surface area contributed by atoms with Gasteiger partial charge >= 0.3 is 11.9 Å². The van der Waals surface area contributed by atoms with Crippen LogP contribution in [0.2, 0.25) is 0 Å². The molecule has 0 saturated carbocycles. The highest BCUT2D eigenvalue weighted by Crippen LogP contribution is 1.98. The average molecular weight is 274 g/mol. The van der Waals surface area contributed by atoms with Crippen molar-refractivity contribution < 1.29 is 34.8 Å². The van der Waals surface area contributed by atoms with Crippen molar-refractivity contribution in [3.8, 4) is 0 Å². The molecule has 7 nitrogen and oxygen atoms in total. The second kappa shape index (κ2) is 10.2. The van der Waals surface area contributed by atoms with Crippen LogP contribution in [0.5, 0.6) is 0 Å². The summed E-state index contributed by atoms with van der Waals surface area (Å²) in [5.74, 6) is -2.18. The Balaban J connectivity index is 3.66. The number of carboxylic acid groups (broad SMARTS) is 2. The molecular weight excluding hydrogens is 256 g/mol. The summed E-state index contributed by atoms with van der Waals surface area (Å²) in [6.07, 6.45) is 3.05. The van der Waals surface area contributed by atoms with Crippen LogP contribution < -0.4 is 0 Å². The van der Waals surface area contributed by atoms with Crippen molar-refractivity contribution >= 4 is 11.9 Å². The molecule has 0 aromatic heterocycles. The van der Waals surface area contributed by atoms with E-state index >= 15 is 0 Å². The molecule has 7 heteroatoms. The van der Waals surface area contributed by atoms with Crippen LogP contribution in [0, 0.1) is 0 Å². The molecule has 0 bridgehead atoms. The molecule has 108 valence electrons. The normalized spacial score (nSPS) is 14.8. The van der Waals surface area contributed by atoms with E-state index in [2.05, 4.69) is 0 Å². The number of rotatable bonds is 10. The molecule has 0 aliphatic heterocycles. The van der Waals surface area contributed by atoms with Crippen molar-refractivity contribution in [2.75, 3.05) is 13.2 Å². The third kappa shape index (κ3) is 12.5. The number of hydrogen-bond donors (Lipinski definition) is 4. The highest BCUT2D eigenvalue weighted by molar-refractivity contribution is 5.79. The molecule has 0 aromatic carbocycles. The van der Waals surface area contributed by atoms with Gasteiger partial charge in [-0.05, 0) is 12.8 Å². The SMILES string of the molecule is O=C(O)C=CCC(O)COCC(O)CC=CC(=O)O. The summed E-state index contributed by atoms with van der Waals surface area (Å²) in [4.78, 5) is 20.3. The van der Waals surface area contributed by atoms with E-state index in [1.165, 1.54) is 12.2 Å². The van der Waals surface area contributed by atoms with Gasteiger partial charge in [-0.15, -0.1) is 0 Å². The molecule has 0 amide bonds. The molecule has 0 spiro atoms. The number of carboxylic acids is 2. The smallest absolute Gasteiger partial charge is 0.327 e. The molecule has 0 aliphatic rings. The molecule has 19 heavy (non-hydrogen) atoms. The standard InChI is InChI=1S/C12H18O7/c13-9(3-1-5-11(15)16)7-19-8-10(14)4-2-6-12(17)18/h1-2,5-6,9-10,13-14H,3-4,7-8H2,(H,15,16)(H,17,18). The van der Waals surface area contributed by atoms with Gasteiger partial charge in [-0.3, -0.25) is 0 Å². The Bertz CT molecular complexity index is 303. The van der Waals surface area contributed by atoms with Crippen LogP contribution in [-0.2, 0) is 14.3 Å². The maximum Gasteiger partial charge on any atom is 0.327 e. The van der Waals surface area contributed by atoms with E-state index in [9.17, 15) is 19.8 Å². The third-order valence-corrected chi connectivity index (χ3v) is 1.96. The average Bonchev–Trinajstić information content (AvgIpc) is 2.27. The van der Waals surface area contributed by atoms with Gasteiger partial charge < -0.3 is 25.2 Å². The summed E-state index contributed by atoms with van der Waals surface area (Å²) >= 11 is 0. The summed E-state index contributed by atoms with van der Waals surface area (Å²) in [7, 11) is 0. The molecule has 0 rings (SSSR count). The minimum Gasteiger partial charge on any atom is -0.478 e. The Morgan fingerprint density at radius 2 is 1.26 bits per heavy atom. The largest absolute Gasteiger partial charge is 0.478 e. The predicted molar refractivity (Wildman–Crippen MR) is 65.6 cm³/mol. The van der Waals surface area contributed by atoms with Crippen LogP contribution in [0.4, 0.5) is 0 Å². The van der Waals surface area contributed by atoms with E-state index in [1.54, 1.807) is 0 Å². The minimum atomic E-state index is -1.09. The number of ether oxygens (including phenoxy) is 1. The lowest BCUT2D eigenvalue weighted by molar-refractivity contribution is -0.132. The van der Waals surface area contributed by atoms with Gasteiger partial charge in [-0.2, -0.15) is 0 Å². The van der Waals surface area contributed by atoms with Crippen molar-refractivity contribution in [2.45, 2.75) is 25.0 Å². The topological polar surface area (TPSA) is 124 Å². The fraction of sp³-hybridized carbons (Fsp3) is 0.500. The summed E-state index contributed by atoms with van der Waals surface area (Å²) < 4.78 is 5.01. The zero-order chi connectivity index (χ0) is 14.7. The summed E-state index contributed by atoms with van der Waals surface area (Å²) in [5.41, 5.74) is 0. The van der Waals surface area contributed by atoms with Gasteiger partial charge in [0, 0.05) is 12.2 Å². The van der Waals surface area contributed by atoms with E-state index in [0.717, 1.165) is 12.2 Å². The summed E-state index contributed by atoms with van der Waals surface area (Å²) in [6, 6.07) is 0. The maximum absolute atomic E-state index is 10.2. The van der Waals surface area contributed by atoms with Crippen LogP contribution in [0.1, 0.15) is 12.8 Å². The number of aliphatic hydroxyl groups excluding tert-OH is 2. The molecule has 4 N–H and O–H groups in total. The first kappa shape index (κ1) is 17.3.